The molecule has 286 valence electrons. The minimum Gasteiger partial charge on any atom is -0.515 e. The molecule has 0 radical (unpaired) electrons. The van der Waals surface area contributed by atoms with Crippen molar-refractivity contribution in [3.63, 3.8) is 0 Å². The van der Waals surface area contributed by atoms with Crippen LogP contribution in [-0.2, 0) is 19.1 Å². The fourth-order valence-electron chi connectivity index (χ4n) is 8.21. The molecule has 0 aromatic rings. The zero-order valence-corrected chi connectivity index (χ0v) is 31.0. The van der Waals surface area contributed by atoms with E-state index < -0.39 is 37.3 Å². The molecule has 1 aliphatic carbocycles. The normalized spacial score (nSPS) is 31.2. The molecule has 0 unspecified atom stereocenters. The Balaban J connectivity index is 1.16. The first kappa shape index (κ1) is 37.7. The first-order chi connectivity index (χ1) is 25.9. The van der Waals surface area contributed by atoms with Gasteiger partial charge < -0.3 is 45.6 Å². The number of Topliss-reactive ketones (excluding diaryl/α,β-unsaturated/α-hetero) is 1. The summed E-state index contributed by atoms with van der Waals surface area (Å²) in [5.41, 5.74) is 11.6. The predicted octanol–water partition coefficient (Wildman–Crippen LogP) is 2.57. The summed E-state index contributed by atoms with van der Waals surface area (Å²) in [7, 11) is 0. The molecule has 7 N–H and O–H groups in total. The van der Waals surface area contributed by atoms with Gasteiger partial charge in [-0.1, -0.05) is 13.8 Å². The second-order valence-corrected chi connectivity index (χ2v) is 14.6. The third-order valence-electron chi connectivity index (χ3n) is 11.5. The highest BCUT2D eigenvalue weighted by Gasteiger charge is 2.45. The molecule has 3 fully saturated rings. The molecule has 14 nitrogen and oxygen atoms in total. The van der Waals surface area contributed by atoms with Gasteiger partial charge in [-0.05, 0) is 74.1 Å². The number of amides is 1. The van der Waals surface area contributed by atoms with Gasteiger partial charge in [0.1, 0.15) is 24.4 Å². The Hall–Kier alpha value is -4.57. The molecule has 2 saturated heterocycles. The number of carbonyl (C=O) groups excluding carboxylic acids is 2. The van der Waals surface area contributed by atoms with Crippen molar-refractivity contribution in [3.8, 4) is 0 Å². The summed E-state index contributed by atoms with van der Waals surface area (Å²) < 4.78 is 10.9. The zero-order chi connectivity index (χ0) is 38.6. The van der Waals surface area contributed by atoms with Crippen molar-refractivity contribution in [1.82, 2.24) is 10.6 Å². The van der Waals surface area contributed by atoms with Gasteiger partial charge >= 0.3 is 0 Å². The van der Waals surface area contributed by atoms with E-state index in [2.05, 4.69) is 24.5 Å². The molecule has 8 bridgehead atoms. The van der Waals surface area contributed by atoms with Crippen LogP contribution in [0.4, 0.5) is 0 Å². The Morgan fingerprint density at radius 3 is 2.48 bits per heavy atom. The summed E-state index contributed by atoms with van der Waals surface area (Å²) in [6.07, 6.45) is 1.49. The van der Waals surface area contributed by atoms with E-state index in [0.717, 1.165) is 63.4 Å². The van der Waals surface area contributed by atoms with Crippen molar-refractivity contribution < 1.29 is 44.6 Å². The van der Waals surface area contributed by atoms with Crippen LogP contribution >= 0.6 is 0 Å². The Bertz CT molecular complexity index is 2040. The number of nitrogens with one attached hydrogen (secondary N) is 2. The third-order valence-corrected chi connectivity index (χ3v) is 11.5. The Labute approximate surface area is 313 Å². The van der Waals surface area contributed by atoms with Gasteiger partial charge in [0.15, 0.2) is 12.1 Å². The Morgan fingerprint density at radius 2 is 1.76 bits per heavy atom. The quantitative estimate of drug-likeness (QED) is 0.136. The standard InChI is InChI=1S/C40H47N5O9/c1-6-21-17(2)26-13-30-24(15-46)19(4)25(43-30)12-27-18(3)22(7-8-33(49)41-9-10-53-40-39(52)38(51)37(50)32(16-47)54-40)35(44-27)23-11-31(48)34-20(5)28(45-36(23)34)14-29(21)42-26/h12-15,18,22,32,37-40,44,46-47,50-52H,6-11,16H2,1-5H3,(H,41,49)/b24-15+,26-13?,27-12?,28-14?,35-23?/t18-,22-,32+,37-,38-,39+,40+/m0/s1. The molecule has 7 atom stereocenters. The van der Waals surface area contributed by atoms with Crippen LogP contribution in [0.3, 0.4) is 0 Å². The lowest BCUT2D eigenvalue weighted by Gasteiger charge is -2.39. The minimum absolute atomic E-state index is 0.00117. The van der Waals surface area contributed by atoms with Crippen LogP contribution in [0.25, 0.3) is 0 Å². The lowest BCUT2D eigenvalue weighted by atomic mass is 9.86. The molecular formula is C40H47N5O9. The SMILES string of the molecule is CCC1=C(C)C2=CC3=NC(=C(C)/C3=C\O)C=C3NC(=C4CC(=O)C5=C(C)C(=CC1=N2)N=C45)[C@@H](CCC(=O)NCCO[C@@H]1O[C@H](CO)[C@H](O)[C@H](O)[C@H]1O)[C@@H]3C. The number of carbonyl (C=O) groups is 2. The highest BCUT2D eigenvalue weighted by molar-refractivity contribution is 6.38. The van der Waals surface area contributed by atoms with E-state index in [1.165, 1.54) is 0 Å². The maximum Gasteiger partial charge on any atom is 0.220 e. The van der Waals surface area contributed by atoms with E-state index in [0.29, 0.717) is 40.4 Å². The molecule has 6 heterocycles. The van der Waals surface area contributed by atoms with E-state index in [4.69, 9.17) is 24.5 Å². The van der Waals surface area contributed by atoms with Crippen LogP contribution in [0.1, 0.15) is 60.3 Å². The molecule has 0 aromatic carbocycles. The number of nitrogens with zero attached hydrogens (tertiary/aromatic N) is 3. The zero-order valence-electron chi connectivity index (χ0n) is 31.0. The largest absolute Gasteiger partial charge is 0.515 e. The van der Waals surface area contributed by atoms with Gasteiger partial charge in [0.05, 0.1) is 53.7 Å². The molecule has 14 heteroatoms. The highest BCUT2D eigenvalue weighted by atomic mass is 16.7. The van der Waals surface area contributed by atoms with Crippen LogP contribution in [0.2, 0.25) is 0 Å². The van der Waals surface area contributed by atoms with Gasteiger partial charge in [-0.25, -0.2) is 15.0 Å². The van der Waals surface area contributed by atoms with Crippen LogP contribution in [0.5, 0.6) is 0 Å². The van der Waals surface area contributed by atoms with E-state index in [-0.39, 0.29) is 49.5 Å². The van der Waals surface area contributed by atoms with Crippen molar-refractivity contribution in [3.05, 3.63) is 92.0 Å². The van der Waals surface area contributed by atoms with Gasteiger partial charge in [-0.3, -0.25) is 9.59 Å². The lowest BCUT2D eigenvalue weighted by Crippen LogP contribution is -2.59. The van der Waals surface area contributed by atoms with Crippen LogP contribution < -0.4 is 10.6 Å². The molecule has 1 amide bonds. The fourth-order valence-corrected chi connectivity index (χ4v) is 8.21. The molecule has 6 aliphatic heterocycles. The predicted molar refractivity (Wildman–Crippen MR) is 200 cm³/mol. The van der Waals surface area contributed by atoms with Crippen LogP contribution in [-0.4, -0.2) is 105 Å². The number of ketones is 1. The topological polar surface area (TPSA) is 215 Å². The highest BCUT2D eigenvalue weighted by Crippen LogP contribution is 2.45. The number of aliphatic hydroxyl groups excluding tert-OH is 5. The summed E-state index contributed by atoms with van der Waals surface area (Å²) in [4.78, 5) is 41.8. The number of hydrogen-bond acceptors (Lipinski definition) is 13. The Kier molecular flexibility index (Phi) is 10.4. The molecule has 0 aromatic heterocycles. The maximum atomic E-state index is 13.6. The second kappa shape index (κ2) is 14.9. The van der Waals surface area contributed by atoms with Gasteiger partial charge in [-0.15, -0.1) is 0 Å². The number of aliphatic imine (C=N–C) groups is 3. The Morgan fingerprint density at radius 1 is 1.02 bits per heavy atom. The third kappa shape index (κ3) is 6.50. The average Bonchev–Trinajstić information content (AvgIpc) is 3.91. The van der Waals surface area contributed by atoms with Crippen LogP contribution in [0, 0.1) is 11.8 Å². The summed E-state index contributed by atoms with van der Waals surface area (Å²) in [6, 6.07) is 0. The van der Waals surface area contributed by atoms with Gasteiger partial charge in [0.2, 0.25) is 5.91 Å². The average molecular weight is 742 g/mol. The molecule has 1 saturated carbocycles. The number of hydrogen-bond donors (Lipinski definition) is 7. The fraction of sp³-hybridized carbons (Fsp3) is 0.475. The van der Waals surface area contributed by atoms with Crippen molar-refractivity contribution in [2.45, 2.75) is 91.0 Å². The maximum absolute atomic E-state index is 13.6. The van der Waals surface area contributed by atoms with E-state index >= 15 is 0 Å². The number of allylic oxidation sites excluding steroid dienone is 12. The summed E-state index contributed by atoms with van der Waals surface area (Å²) in [5.74, 6) is -0.495. The number of ether oxygens (including phenoxy) is 2. The van der Waals surface area contributed by atoms with Crippen molar-refractivity contribution in [1.29, 1.82) is 0 Å². The monoisotopic (exact) mass is 741 g/mol. The second-order valence-electron chi connectivity index (χ2n) is 14.6. The van der Waals surface area contributed by atoms with Crippen molar-refractivity contribution in [2.75, 3.05) is 19.8 Å². The summed E-state index contributed by atoms with van der Waals surface area (Å²) >= 11 is 0. The number of fused-ring (bicyclic) bond motifs is 5. The van der Waals surface area contributed by atoms with Crippen molar-refractivity contribution in [2.24, 2.45) is 26.8 Å². The molecular weight excluding hydrogens is 694 g/mol. The van der Waals surface area contributed by atoms with Gasteiger partial charge in [0.25, 0.3) is 0 Å². The molecule has 0 spiro atoms. The molecule has 7 aliphatic rings. The molecule has 7 rings (SSSR count). The minimum atomic E-state index is -1.56. The summed E-state index contributed by atoms with van der Waals surface area (Å²) in [6.45, 7) is 9.49. The summed E-state index contributed by atoms with van der Waals surface area (Å²) in [5, 5.41) is 56.4. The van der Waals surface area contributed by atoms with Crippen LogP contribution in [0.15, 0.2) is 107 Å². The van der Waals surface area contributed by atoms with E-state index in [9.17, 15) is 35.1 Å². The van der Waals surface area contributed by atoms with Gasteiger partial charge in [-0.2, -0.15) is 0 Å². The van der Waals surface area contributed by atoms with E-state index in [1.54, 1.807) is 0 Å². The smallest absolute Gasteiger partial charge is 0.220 e. The van der Waals surface area contributed by atoms with E-state index in [1.807, 2.05) is 39.0 Å². The number of rotatable bonds is 9. The van der Waals surface area contributed by atoms with Gasteiger partial charge in [0, 0.05) is 59.3 Å². The number of aliphatic hydroxyl groups is 5. The van der Waals surface area contributed by atoms with Crippen molar-refractivity contribution >= 4 is 28.8 Å². The molecule has 54 heavy (non-hydrogen) atoms. The lowest BCUT2D eigenvalue weighted by molar-refractivity contribution is -0.300. The first-order valence-corrected chi connectivity index (χ1v) is 18.5. The first-order valence-electron chi connectivity index (χ1n) is 18.5.